The van der Waals surface area contributed by atoms with Crippen molar-refractivity contribution in [1.82, 2.24) is 10.6 Å². The Bertz CT molecular complexity index is 817. The Kier molecular flexibility index (Phi) is 6.36. The van der Waals surface area contributed by atoms with Crippen molar-refractivity contribution in [1.29, 1.82) is 0 Å². The highest BCUT2D eigenvalue weighted by Gasteiger charge is 2.05. The largest absolute Gasteiger partial charge is 0.358 e. The third-order valence-corrected chi connectivity index (χ3v) is 3.56. The molecule has 7 heteroatoms. The minimum atomic E-state index is -0.485. The molecule has 2 aromatic carbocycles. The number of hydrogen-bond acceptors (Lipinski definition) is 4. The van der Waals surface area contributed by atoms with Crippen molar-refractivity contribution >= 4 is 35.0 Å². The highest BCUT2D eigenvalue weighted by atomic mass is 32.1. The molecule has 25 heavy (non-hydrogen) atoms. The lowest BCUT2D eigenvalue weighted by Gasteiger charge is -2.08. The SMILES string of the molecule is Cc1ccc(CNC(=S)NC(=O)/C=C/c2cccc([N+](=O)[O-])c2)cc1. The summed E-state index contributed by atoms with van der Waals surface area (Å²) >= 11 is 5.07. The van der Waals surface area contributed by atoms with Crippen molar-refractivity contribution in [3.63, 3.8) is 0 Å². The first kappa shape index (κ1) is 18.3. The van der Waals surface area contributed by atoms with Crippen LogP contribution in [0.25, 0.3) is 6.08 Å². The predicted octanol–water partition coefficient (Wildman–Crippen LogP) is 3.11. The van der Waals surface area contributed by atoms with Gasteiger partial charge in [-0.05, 0) is 36.3 Å². The van der Waals surface area contributed by atoms with Crippen LogP contribution in [0.4, 0.5) is 5.69 Å². The van der Waals surface area contributed by atoms with Crippen molar-refractivity contribution in [2.45, 2.75) is 13.5 Å². The van der Waals surface area contributed by atoms with E-state index in [9.17, 15) is 14.9 Å². The van der Waals surface area contributed by atoms with Gasteiger partial charge in [-0.2, -0.15) is 0 Å². The molecule has 0 spiro atoms. The molecule has 2 aromatic rings. The maximum absolute atomic E-state index is 11.8. The number of nitro benzene ring substituents is 1. The Morgan fingerprint density at radius 2 is 1.96 bits per heavy atom. The molecule has 1 amide bonds. The van der Waals surface area contributed by atoms with E-state index in [4.69, 9.17) is 12.2 Å². The van der Waals surface area contributed by atoms with Crippen LogP contribution >= 0.6 is 12.2 Å². The van der Waals surface area contributed by atoms with Gasteiger partial charge in [-0.3, -0.25) is 20.2 Å². The van der Waals surface area contributed by atoms with Crippen LogP contribution in [0, 0.1) is 17.0 Å². The minimum Gasteiger partial charge on any atom is -0.358 e. The topological polar surface area (TPSA) is 84.3 Å². The number of carbonyl (C=O) groups is 1. The lowest BCUT2D eigenvalue weighted by molar-refractivity contribution is -0.384. The summed E-state index contributed by atoms with van der Waals surface area (Å²) in [4.78, 5) is 22.1. The van der Waals surface area contributed by atoms with Crippen LogP contribution in [0.2, 0.25) is 0 Å². The van der Waals surface area contributed by atoms with Gasteiger partial charge in [0.15, 0.2) is 5.11 Å². The number of thiocarbonyl (C=S) groups is 1. The normalized spacial score (nSPS) is 10.4. The highest BCUT2D eigenvalue weighted by Crippen LogP contribution is 2.13. The summed E-state index contributed by atoms with van der Waals surface area (Å²) in [6.07, 6.45) is 2.77. The number of nitrogens with zero attached hydrogens (tertiary/aromatic N) is 1. The van der Waals surface area contributed by atoms with Crippen LogP contribution in [-0.2, 0) is 11.3 Å². The Hall–Kier alpha value is -3.06. The zero-order chi connectivity index (χ0) is 18.2. The molecule has 2 rings (SSSR count). The zero-order valence-corrected chi connectivity index (χ0v) is 14.4. The number of hydrogen-bond donors (Lipinski definition) is 2. The lowest BCUT2D eigenvalue weighted by Crippen LogP contribution is -2.37. The van der Waals surface area contributed by atoms with E-state index in [1.165, 1.54) is 29.8 Å². The van der Waals surface area contributed by atoms with Crippen molar-refractivity contribution in [2.24, 2.45) is 0 Å². The minimum absolute atomic E-state index is 0.0298. The lowest BCUT2D eigenvalue weighted by atomic mass is 10.1. The molecule has 0 aromatic heterocycles. The molecular weight excluding hydrogens is 338 g/mol. The molecule has 0 radical (unpaired) electrons. The molecule has 0 fully saturated rings. The van der Waals surface area contributed by atoms with E-state index in [1.54, 1.807) is 12.1 Å². The molecule has 0 heterocycles. The maximum atomic E-state index is 11.8. The van der Waals surface area contributed by atoms with Gasteiger partial charge < -0.3 is 5.32 Å². The van der Waals surface area contributed by atoms with Gasteiger partial charge in [-0.15, -0.1) is 0 Å². The highest BCUT2D eigenvalue weighted by molar-refractivity contribution is 7.80. The van der Waals surface area contributed by atoms with Crippen LogP contribution in [-0.4, -0.2) is 15.9 Å². The molecule has 6 nitrogen and oxygen atoms in total. The van der Waals surface area contributed by atoms with Crippen LogP contribution in [0.1, 0.15) is 16.7 Å². The average Bonchev–Trinajstić information content (AvgIpc) is 2.60. The smallest absolute Gasteiger partial charge is 0.270 e. The number of carbonyl (C=O) groups excluding carboxylic acids is 1. The number of non-ortho nitro benzene ring substituents is 1. The fourth-order valence-corrected chi connectivity index (χ4v) is 2.17. The Morgan fingerprint density at radius 3 is 2.64 bits per heavy atom. The van der Waals surface area contributed by atoms with Crippen molar-refractivity contribution in [3.8, 4) is 0 Å². The van der Waals surface area contributed by atoms with Crippen LogP contribution in [0.3, 0.4) is 0 Å². The molecule has 0 saturated heterocycles. The zero-order valence-electron chi connectivity index (χ0n) is 13.6. The fourth-order valence-electron chi connectivity index (χ4n) is 2.00. The van der Waals surface area contributed by atoms with Gasteiger partial charge >= 0.3 is 0 Å². The Labute approximate surface area is 150 Å². The first-order chi connectivity index (χ1) is 11.9. The third-order valence-electron chi connectivity index (χ3n) is 3.32. The summed E-state index contributed by atoms with van der Waals surface area (Å²) in [5, 5.41) is 16.4. The van der Waals surface area contributed by atoms with E-state index < -0.39 is 10.8 Å². The van der Waals surface area contributed by atoms with Crippen LogP contribution < -0.4 is 10.6 Å². The predicted molar refractivity (Wildman–Crippen MR) is 101 cm³/mol. The van der Waals surface area contributed by atoms with Crippen LogP contribution in [0.5, 0.6) is 0 Å². The maximum Gasteiger partial charge on any atom is 0.270 e. The monoisotopic (exact) mass is 355 g/mol. The van der Waals surface area contributed by atoms with E-state index in [0.29, 0.717) is 12.1 Å². The van der Waals surface area contributed by atoms with E-state index in [0.717, 1.165) is 5.56 Å². The van der Waals surface area contributed by atoms with E-state index >= 15 is 0 Å². The first-order valence-electron chi connectivity index (χ1n) is 7.51. The number of benzene rings is 2. The average molecular weight is 355 g/mol. The first-order valence-corrected chi connectivity index (χ1v) is 7.92. The molecule has 0 aliphatic rings. The number of nitro groups is 1. The molecule has 0 aliphatic carbocycles. The van der Waals surface area contributed by atoms with Crippen molar-refractivity contribution in [3.05, 3.63) is 81.4 Å². The third kappa shape index (κ3) is 6.15. The Balaban J connectivity index is 1.84. The van der Waals surface area contributed by atoms with Gasteiger partial charge in [0, 0.05) is 24.8 Å². The number of amides is 1. The number of aryl methyl sites for hydroxylation is 1. The quantitative estimate of drug-likeness (QED) is 0.373. The summed E-state index contributed by atoms with van der Waals surface area (Å²) in [6.45, 7) is 2.52. The number of rotatable bonds is 5. The molecule has 2 N–H and O–H groups in total. The fraction of sp³-hybridized carbons (Fsp3) is 0.111. The van der Waals surface area contributed by atoms with E-state index in [1.807, 2.05) is 31.2 Å². The van der Waals surface area contributed by atoms with Gasteiger partial charge in [0.05, 0.1) is 4.92 Å². The van der Waals surface area contributed by atoms with Crippen LogP contribution in [0.15, 0.2) is 54.6 Å². The van der Waals surface area contributed by atoms with Crippen molar-refractivity contribution < 1.29 is 9.72 Å². The molecule has 0 atom stereocenters. The second-order valence-electron chi connectivity index (χ2n) is 5.34. The summed E-state index contributed by atoms with van der Waals surface area (Å²) in [6, 6.07) is 14.0. The second kappa shape index (κ2) is 8.70. The molecule has 0 aliphatic heterocycles. The molecular formula is C18H17N3O3S. The summed E-state index contributed by atoms with van der Waals surface area (Å²) in [5.41, 5.74) is 2.75. The van der Waals surface area contributed by atoms with Crippen molar-refractivity contribution in [2.75, 3.05) is 0 Å². The van der Waals surface area contributed by atoms with E-state index in [2.05, 4.69) is 10.6 Å². The molecule has 0 unspecified atom stereocenters. The van der Waals surface area contributed by atoms with Gasteiger partial charge in [-0.25, -0.2) is 0 Å². The van der Waals surface area contributed by atoms with Gasteiger partial charge in [0.25, 0.3) is 5.69 Å². The summed E-state index contributed by atoms with van der Waals surface area (Å²) in [7, 11) is 0. The standard InChI is InChI=1S/C18H17N3O3S/c1-13-5-7-15(8-6-13)12-19-18(25)20-17(22)10-9-14-3-2-4-16(11-14)21(23)24/h2-11H,12H2,1H3,(H2,19,20,22,25)/b10-9+. The molecule has 0 bridgehead atoms. The van der Waals surface area contributed by atoms with Gasteiger partial charge in [0.2, 0.25) is 5.91 Å². The van der Waals surface area contributed by atoms with Gasteiger partial charge in [-0.1, -0.05) is 42.0 Å². The molecule has 128 valence electrons. The molecule has 0 saturated carbocycles. The van der Waals surface area contributed by atoms with Gasteiger partial charge in [0.1, 0.15) is 0 Å². The number of nitrogens with one attached hydrogen (secondary N) is 2. The van der Waals surface area contributed by atoms with E-state index in [-0.39, 0.29) is 10.8 Å². The Morgan fingerprint density at radius 1 is 1.24 bits per heavy atom. The summed E-state index contributed by atoms with van der Waals surface area (Å²) < 4.78 is 0. The second-order valence-corrected chi connectivity index (χ2v) is 5.75. The summed E-state index contributed by atoms with van der Waals surface area (Å²) in [5.74, 6) is -0.409.